The summed E-state index contributed by atoms with van der Waals surface area (Å²) in [6.07, 6.45) is 0. The second kappa shape index (κ2) is 7.55. The van der Waals surface area contributed by atoms with Gasteiger partial charge in [0.25, 0.3) is 0 Å². The molecular weight excluding hydrogens is 352 g/mol. The number of rotatable bonds is 2. The molecule has 26 heavy (non-hydrogen) atoms. The van der Waals surface area contributed by atoms with E-state index in [2.05, 4.69) is 10.9 Å². The molecule has 0 radical (unpaired) electrons. The summed E-state index contributed by atoms with van der Waals surface area (Å²) in [7, 11) is 0. The van der Waals surface area contributed by atoms with Gasteiger partial charge in [0.15, 0.2) is 0 Å². The number of amides is 2. The molecule has 0 bridgehead atoms. The lowest BCUT2D eigenvalue weighted by Gasteiger charge is -2.38. The van der Waals surface area contributed by atoms with Crippen LogP contribution in [-0.2, 0) is 9.59 Å². The quantitative estimate of drug-likeness (QED) is 0.824. The molecule has 2 aliphatic heterocycles. The van der Waals surface area contributed by atoms with E-state index in [4.69, 9.17) is 11.6 Å². The second-order valence-corrected chi connectivity index (χ2v) is 8.46. The molecule has 2 unspecified atom stereocenters. The number of nitrogens with zero attached hydrogens (tertiary/aromatic N) is 2. The molecule has 2 amide bonds. The molecule has 2 heterocycles. The number of carbonyl (C=O) groups is 2. The molecule has 2 aliphatic rings. The highest BCUT2D eigenvalue weighted by molar-refractivity contribution is 6.30. The maximum absolute atomic E-state index is 13.0. The van der Waals surface area contributed by atoms with Gasteiger partial charge >= 0.3 is 0 Å². The van der Waals surface area contributed by atoms with E-state index < -0.39 is 0 Å². The summed E-state index contributed by atoms with van der Waals surface area (Å²) in [5.41, 5.74) is 6.97. The molecule has 2 saturated heterocycles. The normalized spacial score (nSPS) is 24.0. The van der Waals surface area contributed by atoms with Crippen LogP contribution in [0.4, 0.5) is 0 Å². The van der Waals surface area contributed by atoms with Crippen LogP contribution in [0.1, 0.15) is 32.4 Å². The van der Waals surface area contributed by atoms with E-state index in [0.29, 0.717) is 37.7 Å². The Balaban J connectivity index is 1.63. The van der Waals surface area contributed by atoms with Crippen LogP contribution < -0.4 is 10.9 Å². The second-order valence-electron chi connectivity index (χ2n) is 8.03. The zero-order valence-corrected chi connectivity index (χ0v) is 16.3. The highest BCUT2D eigenvalue weighted by Crippen LogP contribution is 2.28. The molecule has 0 saturated carbocycles. The van der Waals surface area contributed by atoms with Gasteiger partial charge < -0.3 is 9.80 Å². The minimum atomic E-state index is -0.384. The molecule has 2 N–H and O–H groups in total. The molecule has 7 heteroatoms. The molecule has 6 nitrogen and oxygen atoms in total. The van der Waals surface area contributed by atoms with E-state index in [1.807, 2.05) is 54.8 Å². The van der Waals surface area contributed by atoms with Gasteiger partial charge in [0.05, 0.1) is 12.0 Å². The van der Waals surface area contributed by atoms with Crippen LogP contribution in [0.3, 0.4) is 0 Å². The highest BCUT2D eigenvalue weighted by Gasteiger charge is 2.38. The number of benzene rings is 1. The molecule has 3 rings (SSSR count). The lowest BCUT2D eigenvalue weighted by molar-refractivity contribution is -0.146. The molecule has 142 valence electrons. The summed E-state index contributed by atoms with van der Waals surface area (Å²) >= 11 is 5.97. The minimum Gasteiger partial charge on any atom is -0.339 e. The van der Waals surface area contributed by atoms with Gasteiger partial charge in [-0.3, -0.25) is 15.0 Å². The molecule has 0 aromatic heterocycles. The molecule has 0 spiro atoms. The third-order valence-corrected chi connectivity index (χ3v) is 5.30. The lowest BCUT2D eigenvalue weighted by Crippen LogP contribution is -2.54. The van der Waals surface area contributed by atoms with Crippen molar-refractivity contribution in [2.75, 3.05) is 32.7 Å². The van der Waals surface area contributed by atoms with Crippen molar-refractivity contribution in [2.45, 2.75) is 26.8 Å². The highest BCUT2D eigenvalue weighted by atomic mass is 35.5. The van der Waals surface area contributed by atoms with Gasteiger partial charge in [0, 0.05) is 43.2 Å². The predicted octanol–water partition coefficient (Wildman–Crippen LogP) is 1.82. The van der Waals surface area contributed by atoms with Crippen LogP contribution in [0, 0.1) is 11.3 Å². The van der Waals surface area contributed by atoms with Crippen molar-refractivity contribution >= 4 is 23.4 Å². The molecule has 1 aromatic rings. The van der Waals surface area contributed by atoms with E-state index in [0.717, 1.165) is 5.56 Å². The van der Waals surface area contributed by atoms with Gasteiger partial charge in [0.1, 0.15) is 0 Å². The Labute approximate surface area is 159 Å². The van der Waals surface area contributed by atoms with Crippen molar-refractivity contribution in [1.29, 1.82) is 0 Å². The summed E-state index contributed by atoms with van der Waals surface area (Å²) in [6, 6.07) is 7.51. The number of piperazine rings is 1. The van der Waals surface area contributed by atoms with Crippen LogP contribution in [0.2, 0.25) is 5.02 Å². The number of carbonyl (C=O) groups excluding carboxylic acids is 2. The average molecular weight is 379 g/mol. The van der Waals surface area contributed by atoms with Crippen LogP contribution in [0.25, 0.3) is 0 Å². The van der Waals surface area contributed by atoms with E-state index in [-0.39, 0.29) is 29.2 Å². The third kappa shape index (κ3) is 4.03. The summed E-state index contributed by atoms with van der Waals surface area (Å²) in [4.78, 5) is 29.2. The standard InChI is InChI=1S/C19H27ClN4O2/c1-19(2,3)18(26)24-10-8-23(9-11-24)17(25)15-12-21-22-16(15)13-4-6-14(20)7-5-13/h4-7,15-16,21-22H,8-12H2,1-3H3. The SMILES string of the molecule is CC(C)(C)C(=O)N1CCN(C(=O)C2CNNC2c2ccc(Cl)cc2)CC1. The number of hydrogen-bond donors (Lipinski definition) is 2. The van der Waals surface area contributed by atoms with Gasteiger partial charge in [-0.15, -0.1) is 0 Å². The lowest BCUT2D eigenvalue weighted by atomic mass is 9.93. The Morgan fingerprint density at radius 3 is 2.19 bits per heavy atom. The molecule has 1 aromatic carbocycles. The van der Waals surface area contributed by atoms with Crippen LogP contribution in [-0.4, -0.2) is 54.3 Å². The van der Waals surface area contributed by atoms with E-state index in [1.165, 1.54) is 0 Å². The molecule has 2 fully saturated rings. The topological polar surface area (TPSA) is 64.7 Å². The summed E-state index contributed by atoms with van der Waals surface area (Å²) in [5.74, 6) is 0.110. The Morgan fingerprint density at radius 1 is 1.04 bits per heavy atom. The third-order valence-electron chi connectivity index (χ3n) is 5.05. The summed E-state index contributed by atoms with van der Waals surface area (Å²) in [6.45, 7) is 8.75. The van der Waals surface area contributed by atoms with Crippen molar-refractivity contribution in [3.63, 3.8) is 0 Å². The fourth-order valence-corrected chi connectivity index (χ4v) is 3.68. The van der Waals surface area contributed by atoms with Gasteiger partial charge in [-0.25, -0.2) is 5.43 Å². The first kappa shape index (κ1) is 19.1. The number of nitrogens with one attached hydrogen (secondary N) is 2. The predicted molar refractivity (Wildman–Crippen MR) is 101 cm³/mol. The van der Waals surface area contributed by atoms with Gasteiger partial charge in [-0.2, -0.15) is 0 Å². The zero-order chi connectivity index (χ0) is 18.9. The minimum absolute atomic E-state index is 0.0750. The van der Waals surface area contributed by atoms with E-state index in [9.17, 15) is 9.59 Å². The number of hydrazine groups is 1. The van der Waals surface area contributed by atoms with Crippen LogP contribution in [0.5, 0.6) is 0 Å². The van der Waals surface area contributed by atoms with Crippen molar-refractivity contribution in [1.82, 2.24) is 20.7 Å². The first-order chi connectivity index (χ1) is 12.3. The van der Waals surface area contributed by atoms with Crippen molar-refractivity contribution in [2.24, 2.45) is 11.3 Å². The van der Waals surface area contributed by atoms with Crippen LogP contribution in [0.15, 0.2) is 24.3 Å². The van der Waals surface area contributed by atoms with Gasteiger partial charge in [-0.05, 0) is 17.7 Å². The molecule has 2 atom stereocenters. The van der Waals surface area contributed by atoms with Crippen molar-refractivity contribution < 1.29 is 9.59 Å². The fourth-order valence-electron chi connectivity index (χ4n) is 3.55. The molecular formula is C19H27ClN4O2. The van der Waals surface area contributed by atoms with E-state index in [1.54, 1.807) is 0 Å². The Hall–Kier alpha value is -1.63. The number of halogens is 1. The molecule has 0 aliphatic carbocycles. The summed E-state index contributed by atoms with van der Waals surface area (Å²) < 4.78 is 0. The van der Waals surface area contributed by atoms with E-state index >= 15 is 0 Å². The van der Waals surface area contributed by atoms with Gasteiger partial charge in [0.2, 0.25) is 11.8 Å². The average Bonchev–Trinajstić information content (AvgIpc) is 3.10. The Bertz CT molecular complexity index is 663. The van der Waals surface area contributed by atoms with Crippen molar-refractivity contribution in [3.05, 3.63) is 34.9 Å². The van der Waals surface area contributed by atoms with Gasteiger partial charge in [-0.1, -0.05) is 44.5 Å². The Morgan fingerprint density at radius 2 is 1.62 bits per heavy atom. The zero-order valence-electron chi connectivity index (χ0n) is 15.6. The maximum atomic E-state index is 13.0. The fraction of sp³-hybridized carbons (Fsp3) is 0.579. The number of hydrogen-bond acceptors (Lipinski definition) is 4. The summed E-state index contributed by atoms with van der Waals surface area (Å²) in [5, 5.41) is 0.683. The van der Waals surface area contributed by atoms with Crippen LogP contribution >= 0.6 is 11.6 Å². The Kier molecular flexibility index (Phi) is 5.55. The largest absolute Gasteiger partial charge is 0.339 e. The maximum Gasteiger partial charge on any atom is 0.229 e. The van der Waals surface area contributed by atoms with Crippen molar-refractivity contribution in [3.8, 4) is 0 Å². The first-order valence-electron chi connectivity index (χ1n) is 9.09. The monoisotopic (exact) mass is 378 g/mol. The smallest absolute Gasteiger partial charge is 0.229 e. The first-order valence-corrected chi connectivity index (χ1v) is 9.47.